The molecule has 8 heteroatoms. The third kappa shape index (κ3) is 5.39. The van der Waals surface area contributed by atoms with E-state index in [2.05, 4.69) is 50.6 Å². The number of fused-ring (bicyclic) bond motifs is 1. The Morgan fingerprint density at radius 1 is 1.11 bits per heavy atom. The fraction of sp³-hybridized carbons (Fsp3) is 0.321. The number of amides is 1. The van der Waals surface area contributed by atoms with Gasteiger partial charge in [0.2, 0.25) is 0 Å². The Kier molecular flexibility index (Phi) is 6.95. The molecule has 0 bridgehead atoms. The number of halogens is 1. The Morgan fingerprint density at radius 2 is 1.89 bits per heavy atom. The summed E-state index contributed by atoms with van der Waals surface area (Å²) in [7, 11) is 0. The number of likely N-dealkylation sites (tertiary alicyclic amines) is 1. The third-order valence-corrected chi connectivity index (χ3v) is 6.62. The van der Waals surface area contributed by atoms with Crippen molar-refractivity contribution in [2.24, 2.45) is 0 Å². The number of aromatic amines is 1. The lowest BCUT2D eigenvalue weighted by Gasteiger charge is -2.32. The van der Waals surface area contributed by atoms with Crippen LogP contribution in [0.2, 0.25) is 0 Å². The normalized spacial score (nSPS) is 14.9. The molecule has 5 rings (SSSR count). The van der Waals surface area contributed by atoms with Gasteiger partial charge in [0.05, 0.1) is 23.0 Å². The maximum absolute atomic E-state index is 13.4. The molecular formula is C28H31FN6O. The lowest BCUT2D eigenvalue weighted by Crippen LogP contribution is -2.44. The quantitative estimate of drug-likeness (QED) is 0.343. The summed E-state index contributed by atoms with van der Waals surface area (Å²) in [5.74, 6) is -0.328. The predicted molar refractivity (Wildman–Crippen MR) is 140 cm³/mol. The predicted octanol–water partition coefficient (Wildman–Crippen LogP) is 4.98. The van der Waals surface area contributed by atoms with Gasteiger partial charge in [-0.05, 0) is 62.1 Å². The van der Waals surface area contributed by atoms with Crippen molar-refractivity contribution in [3.63, 3.8) is 0 Å². The molecule has 1 aliphatic rings. The highest BCUT2D eigenvalue weighted by Crippen LogP contribution is 2.31. The minimum Gasteiger partial charge on any atom is -0.382 e. The van der Waals surface area contributed by atoms with Crippen LogP contribution in [0, 0.1) is 5.82 Å². The first-order valence-electron chi connectivity index (χ1n) is 12.4. The van der Waals surface area contributed by atoms with Crippen molar-refractivity contribution in [2.45, 2.75) is 45.3 Å². The van der Waals surface area contributed by atoms with Crippen molar-refractivity contribution in [1.29, 1.82) is 0 Å². The molecular weight excluding hydrogens is 455 g/mol. The number of piperidine rings is 1. The van der Waals surface area contributed by atoms with E-state index in [1.54, 1.807) is 12.4 Å². The van der Waals surface area contributed by atoms with Crippen molar-refractivity contribution in [3.05, 3.63) is 78.0 Å². The minimum atomic E-state index is -0.215. The number of rotatable bonds is 7. The van der Waals surface area contributed by atoms with E-state index in [0.29, 0.717) is 5.56 Å². The lowest BCUT2D eigenvalue weighted by molar-refractivity contribution is 0.0909. The summed E-state index contributed by atoms with van der Waals surface area (Å²) >= 11 is 0. The monoisotopic (exact) mass is 486 g/mol. The SMILES string of the molecule is CC(C)Nc1c(C(=O)NC2CCN(Cc3ccc(F)cc3)CC2)cnc2ccc(-c3cn[nH]c3)cc12. The van der Waals surface area contributed by atoms with Gasteiger partial charge in [0.15, 0.2) is 0 Å². The Morgan fingerprint density at radius 3 is 2.58 bits per heavy atom. The zero-order chi connectivity index (χ0) is 25.1. The number of anilines is 1. The molecule has 0 atom stereocenters. The van der Waals surface area contributed by atoms with E-state index in [9.17, 15) is 9.18 Å². The second-order valence-corrected chi connectivity index (χ2v) is 9.72. The van der Waals surface area contributed by atoms with Crippen LogP contribution in [-0.2, 0) is 6.54 Å². The molecule has 0 aliphatic carbocycles. The van der Waals surface area contributed by atoms with Crippen molar-refractivity contribution in [3.8, 4) is 11.1 Å². The van der Waals surface area contributed by atoms with Crippen LogP contribution in [0.5, 0.6) is 0 Å². The van der Waals surface area contributed by atoms with E-state index < -0.39 is 0 Å². The van der Waals surface area contributed by atoms with Gasteiger partial charge in [-0.15, -0.1) is 0 Å². The molecule has 0 spiro atoms. The molecule has 7 nitrogen and oxygen atoms in total. The highest BCUT2D eigenvalue weighted by atomic mass is 19.1. The van der Waals surface area contributed by atoms with E-state index in [1.807, 2.05) is 30.5 Å². The molecule has 1 fully saturated rings. The summed E-state index contributed by atoms with van der Waals surface area (Å²) in [4.78, 5) is 20.4. The van der Waals surface area contributed by atoms with Crippen LogP contribution >= 0.6 is 0 Å². The van der Waals surface area contributed by atoms with Gasteiger partial charge in [-0.3, -0.25) is 19.8 Å². The van der Waals surface area contributed by atoms with Gasteiger partial charge in [-0.1, -0.05) is 18.2 Å². The van der Waals surface area contributed by atoms with E-state index in [1.165, 1.54) is 12.1 Å². The van der Waals surface area contributed by atoms with Crippen molar-refractivity contribution < 1.29 is 9.18 Å². The van der Waals surface area contributed by atoms with Gasteiger partial charge in [0, 0.05) is 55.1 Å². The van der Waals surface area contributed by atoms with Gasteiger partial charge < -0.3 is 10.6 Å². The second-order valence-electron chi connectivity index (χ2n) is 9.72. The van der Waals surface area contributed by atoms with E-state index in [4.69, 9.17) is 0 Å². The number of nitrogens with one attached hydrogen (secondary N) is 3. The van der Waals surface area contributed by atoms with Crippen LogP contribution in [0.25, 0.3) is 22.0 Å². The van der Waals surface area contributed by atoms with Crippen LogP contribution < -0.4 is 10.6 Å². The lowest BCUT2D eigenvalue weighted by atomic mass is 10.0. The molecule has 3 N–H and O–H groups in total. The zero-order valence-electron chi connectivity index (χ0n) is 20.6. The summed E-state index contributed by atoms with van der Waals surface area (Å²) in [6, 6.07) is 13.0. The molecule has 1 amide bonds. The Hall–Kier alpha value is -3.78. The molecule has 0 unspecified atom stereocenters. The van der Waals surface area contributed by atoms with Gasteiger partial charge >= 0.3 is 0 Å². The number of carbonyl (C=O) groups is 1. The van der Waals surface area contributed by atoms with Gasteiger partial charge in [0.1, 0.15) is 5.82 Å². The first-order valence-corrected chi connectivity index (χ1v) is 12.4. The first kappa shape index (κ1) is 23.9. The maximum atomic E-state index is 13.4. The Balaban J connectivity index is 1.31. The number of benzene rings is 2. The number of carbonyl (C=O) groups excluding carboxylic acids is 1. The standard InChI is InChI=1S/C28H31FN6O/c1-18(2)33-27-24-13-20(21-14-31-32-15-21)5-8-26(24)30-16-25(27)28(36)34-23-9-11-35(12-10-23)17-19-3-6-22(29)7-4-19/h3-8,13-16,18,23H,9-12,17H2,1-2H3,(H,30,33)(H,31,32)(H,34,36). The molecule has 4 aromatic rings. The summed E-state index contributed by atoms with van der Waals surface area (Å²) in [6.45, 7) is 6.67. The molecule has 2 aromatic heterocycles. The van der Waals surface area contributed by atoms with Gasteiger partial charge in [0.25, 0.3) is 5.91 Å². The van der Waals surface area contributed by atoms with Crippen LogP contribution in [0.15, 0.2) is 61.1 Å². The number of H-pyrrole nitrogens is 1. The van der Waals surface area contributed by atoms with Crippen molar-refractivity contribution in [1.82, 2.24) is 25.4 Å². The van der Waals surface area contributed by atoms with E-state index in [-0.39, 0.29) is 23.8 Å². The van der Waals surface area contributed by atoms with Crippen LogP contribution in [0.3, 0.4) is 0 Å². The molecule has 1 saturated heterocycles. The number of hydrogen-bond donors (Lipinski definition) is 3. The summed E-state index contributed by atoms with van der Waals surface area (Å²) in [5.41, 5.74) is 5.27. The zero-order valence-corrected chi connectivity index (χ0v) is 20.6. The minimum absolute atomic E-state index is 0.0989. The number of nitrogens with zero attached hydrogens (tertiary/aromatic N) is 3. The second kappa shape index (κ2) is 10.5. The topological polar surface area (TPSA) is 85.9 Å². The van der Waals surface area contributed by atoms with E-state index >= 15 is 0 Å². The molecule has 1 aliphatic heterocycles. The summed E-state index contributed by atoms with van der Waals surface area (Å²) in [6.07, 6.45) is 7.03. The third-order valence-electron chi connectivity index (χ3n) is 6.62. The van der Waals surface area contributed by atoms with Crippen LogP contribution in [0.4, 0.5) is 10.1 Å². The number of hydrogen-bond acceptors (Lipinski definition) is 5. The fourth-order valence-electron chi connectivity index (χ4n) is 4.74. The van der Waals surface area contributed by atoms with Gasteiger partial charge in [-0.2, -0.15) is 5.10 Å². The molecule has 186 valence electrons. The molecule has 0 radical (unpaired) electrons. The average molecular weight is 487 g/mol. The van der Waals surface area contributed by atoms with Crippen LogP contribution in [0.1, 0.15) is 42.6 Å². The highest BCUT2D eigenvalue weighted by molar-refractivity contribution is 6.08. The van der Waals surface area contributed by atoms with Crippen LogP contribution in [-0.4, -0.2) is 51.2 Å². The average Bonchev–Trinajstić information content (AvgIpc) is 3.41. The Labute approximate surface area is 210 Å². The largest absolute Gasteiger partial charge is 0.382 e. The van der Waals surface area contributed by atoms with Crippen molar-refractivity contribution in [2.75, 3.05) is 18.4 Å². The van der Waals surface area contributed by atoms with E-state index in [0.717, 1.165) is 65.8 Å². The van der Waals surface area contributed by atoms with Crippen molar-refractivity contribution >= 4 is 22.5 Å². The summed E-state index contributed by atoms with van der Waals surface area (Å²) < 4.78 is 13.2. The number of pyridine rings is 1. The molecule has 3 heterocycles. The molecule has 0 saturated carbocycles. The Bertz CT molecular complexity index is 1330. The van der Waals surface area contributed by atoms with Gasteiger partial charge in [-0.25, -0.2) is 4.39 Å². The smallest absolute Gasteiger partial charge is 0.255 e. The highest BCUT2D eigenvalue weighted by Gasteiger charge is 2.24. The molecule has 36 heavy (non-hydrogen) atoms. The number of aromatic nitrogens is 3. The molecule has 2 aromatic carbocycles. The fourth-order valence-corrected chi connectivity index (χ4v) is 4.74. The first-order chi connectivity index (χ1) is 17.5. The maximum Gasteiger partial charge on any atom is 0.255 e. The summed E-state index contributed by atoms with van der Waals surface area (Å²) in [5, 5.41) is 14.5.